The summed E-state index contributed by atoms with van der Waals surface area (Å²) in [5.74, 6) is 0.904. The monoisotopic (exact) mass is 203 g/mol. The van der Waals surface area contributed by atoms with Crippen molar-refractivity contribution in [1.82, 2.24) is 4.98 Å². The number of aromatic nitrogens is 1. The van der Waals surface area contributed by atoms with Crippen LogP contribution in [0.15, 0.2) is 18.3 Å². The Morgan fingerprint density at radius 1 is 1.47 bits per heavy atom. The van der Waals surface area contributed by atoms with Gasteiger partial charge in [-0.05, 0) is 32.4 Å². The highest BCUT2D eigenvalue weighted by atomic mass is 15.2. The predicted molar refractivity (Wildman–Crippen MR) is 61.7 cm³/mol. The van der Waals surface area contributed by atoms with E-state index in [9.17, 15) is 0 Å². The first-order valence-electron chi connectivity index (χ1n) is 5.11. The van der Waals surface area contributed by atoms with Gasteiger partial charge < -0.3 is 4.90 Å². The molecular formula is C12H17N3. The number of nitrogens with zero attached hydrogens (tertiary/aromatic N) is 3. The van der Waals surface area contributed by atoms with Crippen molar-refractivity contribution in [2.75, 3.05) is 11.9 Å². The normalized spacial score (nSPS) is 10.9. The van der Waals surface area contributed by atoms with Crippen LogP contribution in [0.4, 0.5) is 5.82 Å². The molecule has 0 spiro atoms. The van der Waals surface area contributed by atoms with Crippen molar-refractivity contribution in [3.05, 3.63) is 23.9 Å². The second kappa shape index (κ2) is 4.31. The molecule has 0 aromatic carbocycles. The van der Waals surface area contributed by atoms with Gasteiger partial charge in [-0.3, -0.25) is 0 Å². The summed E-state index contributed by atoms with van der Waals surface area (Å²) in [6, 6.07) is 5.75. The molecule has 0 bridgehead atoms. The van der Waals surface area contributed by atoms with Crippen molar-refractivity contribution in [3.63, 3.8) is 0 Å². The van der Waals surface area contributed by atoms with Crippen LogP contribution in [-0.4, -0.2) is 17.6 Å². The molecule has 0 aliphatic heterocycles. The molecule has 0 N–H and O–H groups in total. The first kappa shape index (κ1) is 11.5. The smallest absolute Gasteiger partial charge is 0.128 e. The van der Waals surface area contributed by atoms with E-state index < -0.39 is 0 Å². The topological polar surface area (TPSA) is 39.9 Å². The molecule has 1 aromatic rings. The summed E-state index contributed by atoms with van der Waals surface area (Å²) in [6.07, 6.45) is 2.66. The lowest BCUT2D eigenvalue weighted by Gasteiger charge is -2.35. The number of nitriles is 1. The molecule has 0 aliphatic rings. The minimum atomic E-state index is 0.0845. The highest BCUT2D eigenvalue weighted by Gasteiger charge is 2.21. The van der Waals surface area contributed by atoms with E-state index in [2.05, 4.69) is 36.7 Å². The highest BCUT2D eigenvalue weighted by Crippen LogP contribution is 2.22. The van der Waals surface area contributed by atoms with E-state index in [0.29, 0.717) is 5.56 Å². The number of pyridine rings is 1. The molecule has 0 fully saturated rings. The number of rotatable bonds is 3. The third kappa shape index (κ3) is 2.47. The van der Waals surface area contributed by atoms with Crippen molar-refractivity contribution in [2.24, 2.45) is 0 Å². The zero-order valence-electron chi connectivity index (χ0n) is 9.78. The molecule has 0 aliphatic carbocycles. The zero-order chi connectivity index (χ0) is 11.5. The van der Waals surface area contributed by atoms with Gasteiger partial charge in [-0.1, -0.05) is 6.92 Å². The van der Waals surface area contributed by atoms with E-state index in [-0.39, 0.29) is 5.54 Å². The van der Waals surface area contributed by atoms with Crippen molar-refractivity contribution >= 4 is 5.82 Å². The number of anilines is 1. The Labute approximate surface area is 91.4 Å². The van der Waals surface area contributed by atoms with E-state index >= 15 is 0 Å². The summed E-state index contributed by atoms with van der Waals surface area (Å²) in [5, 5.41) is 8.67. The van der Waals surface area contributed by atoms with Gasteiger partial charge in [-0.25, -0.2) is 4.98 Å². The second-order valence-electron chi connectivity index (χ2n) is 4.24. The minimum absolute atomic E-state index is 0.0845. The molecule has 0 saturated heterocycles. The second-order valence-corrected chi connectivity index (χ2v) is 4.24. The molecule has 3 heteroatoms. The van der Waals surface area contributed by atoms with E-state index in [1.54, 1.807) is 12.3 Å². The van der Waals surface area contributed by atoms with Crippen molar-refractivity contribution in [1.29, 1.82) is 5.26 Å². The van der Waals surface area contributed by atoms with Crippen LogP contribution in [0.2, 0.25) is 0 Å². The van der Waals surface area contributed by atoms with E-state index in [0.717, 1.165) is 12.2 Å². The number of hydrogen-bond acceptors (Lipinski definition) is 3. The SMILES string of the molecule is CCC(C)(C)N(C)c1ccc(C#N)cn1. The molecule has 15 heavy (non-hydrogen) atoms. The lowest BCUT2D eigenvalue weighted by molar-refractivity contribution is 0.467. The average molecular weight is 203 g/mol. The van der Waals surface area contributed by atoms with Crippen LogP contribution in [-0.2, 0) is 0 Å². The lowest BCUT2D eigenvalue weighted by Crippen LogP contribution is -2.40. The Kier molecular flexibility index (Phi) is 3.31. The van der Waals surface area contributed by atoms with Gasteiger partial charge in [0.25, 0.3) is 0 Å². The summed E-state index contributed by atoms with van der Waals surface area (Å²) < 4.78 is 0. The maximum absolute atomic E-state index is 8.67. The van der Waals surface area contributed by atoms with Crippen molar-refractivity contribution in [3.8, 4) is 6.07 Å². The minimum Gasteiger partial charge on any atom is -0.355 e. The molecule has 0 saturated carbocycles. The van der Waals surface area contributed by atoms with E-state index in [1.165, 1.54) is 0 Å². The van der Waals surface area contributed by atoms with Crippen LogP contribution in [0, 0.1) is 11.3 Å². The fourth-order valence-corrected chi connectivity index (χ4v) is 1.20. The van der Waals surface area contributed by atoms with Gasteiger partial charge in [0.2, 0.25) is 0 Å². The molecule has 0 radical (unpaired) electrons. The predicted octanol–water partition coefficient (Wildman–Crippen LogP) is 2.58. The molecule has 80 valence electrons. The summed E-state index contributed by atoms with van der Waals surface area (Å²) in [7, 11) is 2.03. The van der Waals surface area contributed by atoms with Crippen LogP contribution >= 0.6 is 0 Å². The Balaban J connectivity index is 2.93. The molecule has 1 heterocycles. The fraction of sp³-hybridized carbons (Fsp3) is 0.500. The van der Waals surface area contributed by atoms with E-state index in [4.69, 9.17) is 5.26 Å². The van der Waals surface area contributed by atoms with Crippen LogP contribution < -0.4 is 4.90 Å². The summed E-state index contributed by atoms with van der Waals surface area (Å²) in [6.45, 7) is 6.50. The van der Waals surface area contributed by atoms with E-state index in [1.807, 2.05) is 13.1 Å². The molecule has 1 aromatic heterocycles. The summed E-state index contributed by atoms with van der Waals surface area (Å²) >= 11 is 0. The van der Waals surface area contributed by atoms with Gasteiger partial charge in [0.1, 0.15) is 11.9 Å². The molecule has 3 nitrogen and oxygen atoms in total. The van der Waals surface area contributed by atoms with Gasteiger partial charge in [-0.15, -0.1) is 0 Å². The molecule has 0 amide bonds. The Hall–Kier alpha value is -1.56. The maximum Gasteiger partial charge on any atom is 0.128 e. The standard InChI is InChI=1S/C12H17N3/c1-5-12(2,3)15(4)11-7-6-10(8-13)9-14-11/h6-7,9H,5H2,1-4H3. The summed E-state index contributed by atoms with van der Waals surface area (Å²) in [5.41, 5.74) is 0.683. The zero-order valence-corrected chi connectivity index (χ0v) is 9.78. The van der Waals surface area contributed by atoms with Crippen molar-refractivity contribution in [2.45, 2.75) is 32.7 Å². The average Bonchev–Trinajstić information content (AvgIpc) is 2.28. The van der Waals surface area contributed by atoms with Crippen LogP contribution in [0.25, 0.3) is 0 Å². The summed E-state index contributed by atoms with van der Waals surface area (Å²) in [4.78, 5) is 6.40. The van der Waals surface area contributed by atoms with Crippen LogP contribution in [0.1, 0.15) is 32.8 Å². The fourth-order valence-electron chi connectivity index (χ4n) is 1.20. The van der Waals surface area contributed by atoms with Gasteiger partial charge >= 0.3 is 0 Å². The Morgan fingerprint density at radius 3 is 2.53 bits per heavy atom. The molecular weight excluding hydrogens is 186 g/mol. The highest BCUT2D eigenvalue weighted by molar-refractivity contribution is 5.43. The van der Waals surface area contributed by atoms with Crippen molar-refractivity contribution < 1.29 is 0 Å². The van der Waals surface area contributed by atoms with Crippen LogP contribution in [0.5, 0.6) is 0 Å². The maximum atomic E-state index is 8.67. The largest absolute Gasteiger partial charge is 0.355 e. The van der Waals surface area contributed by atoms with Gasteiger partial charge in [0.05, 0.1) is 5.56 Å². The molecule has 1 rings (SSSR count). The third-order valence-electron chi connectivity index (χ3n) is 2.99. The number of hydrogen-bond donors (Lipinski definition) is 0. The van der Waals surface area contributed by atoms with Gasteiger partial charge in [-0.2, -0.15) is 5.26 Å². The quantitative estimate of drug-likeness (QED) is 0.758. The molecule has 0 unspecified atom stereocenters. The first-order valence-corrected chi connectivity index (χ1v) is 5.11. The lowest BCUT2D eigenvalue weighted by atomic mass is 10.00. The molecule has 0 atom stereocenters. The Morgan fingerprint density at radius 2 is 2.13 bits per heavy atom. The third-order valence-corrected chi connectivity index (χ3v) is 2.99. The van der Waals surface area contributed by atoms with Gasteiger partial charge in [0, 0.05) is 18.8 Å². The van der Waals surface area contributed by atoms with Crippen LogP contribution in [0.3, 0.4) is 0 Å². The first-order chi connectivity index (χ1) is 7.01. The Bertz CT molecular complexity index is 359. The van der Waals surface area contributed by atoms with Gasteiger partial charge in [0.15, 0.2) is 0 Å².